The number of nitrogens with zero attached hydrogens (tertiary/aromatic N) is 1. The fourth-order valence-electron chi connectivity index (χ4n) is 3.52. The van der Waals surface area contributed by atoms with E-state index in [1.54, 1.807) is 12.1 Å². The number of hydrogen-bond donors (Lipinski definition) is 2. The van der Waals surface area contributed by atoms with Crippen LogP contribution in [-0.4, -0.2) is 13.4 Å². The summed E-state index contributed by atoms with van der Waals surface area (Å²) < 4.78 is 67.7. The predicted octanol–water partition coefficient (Wildman–Crippen LogP) is 7.44. The molecule has 0 unspecified atom stereocenters. The number of rotatable bonds is 5. The molecule has 0 aliphatic carbocycles. The number of fused-ring (bicyclic) bond motifs is 1. The number of nitrogens with one attached hydrogen (secondary N) is 2. The molecule has 0 radical (unpaired) electrons. The molecule has 0 aliphatic heterocycles. The first-order chi connectivity index (χ1) is 15.8. The van der Waals surface area contributed by atoms with Gasteiger partial charge in [-0.05, 0) is 79.9 Å². The van der Waals surface area contributed by atoms with Crippen molar-refractivity contribution in [2.45, 2.75) is 31.8 Å². The Labute approximate surface area is 203 Å². The Morgan fingerprint density at radius 3 is 2.26 bits per heavy atom. The molecule has 5 nitrogen and oxygen atoms in total. The summed E-state index contributed by atoms with van der Waals surface area (Å²) in [4.78, 5) is 4.15. The molecule has 0 saturated heterocycles. The van der Waals surface area contributed by atoms with Crippen LogP contribution in [0.25, 0.3) is 10.2 Å². The SMILES string of the molecule is Cc1ccc2nc(Nc3c(C)cc(NS(=O)(=O)c4ccc(C(F)(F)F)cc4Cl)cc3C)sc2c1. The zero-order valence-corrected chi connectivity index (χ0v) is 20.6. The highest BCUT2D eigenvalue weighted by molar-refractivity contribution is 7.92. The average Bonchev–Trinajstić information content (AvgIpc) is 3.11. The van der Waals surface area contributed by atoms with E-state index in [2.05, 4.69) is 21.1 Å². The molecule has 0 saturated carbocycles. The summed E-state index contributed by atoms with van der Waals surface area (Å²) in [5, 5.41) is 3.49. The van der Waals surface area contributed by atoms with Crippen molar-refractivity contribution in [2.75, 3.05) is 10.0 Å². The van der Waals surface area contributed by atoms with Gasteiger partial charge in [-0.25, -0.2) is 13.4 Å². The summed E-state index contributed by atoms with van der Waals surface area (Å²) in [5.74, 6) is 0. The number of anilines is 3. The summed E-state index contributed by atoms with van der Waals surface area (Å²) >= 11 is 7.38. The first-order valence-electron chi connectivity index (χ1n) is 9.98. The molecule has 2 N–H and O–H groups in total. The van der Waals surface area contributed by atoms with Gasteiger partial charge in [0.1, 0.15) is 4.90 Å². The van der Waals surface area contributed by atoms with Crippen LogP contribution in [0.15, 0.2) is 53.4 Å². The van der Waals surface area contributed by atoms with Crippen LogP contribution in [0.5, 0.6) is 0 Å². The van der Waals surface area contributed by atoms with E-state index in [1.807, 2.05) is 32.9 Å². The zero-order chi connectivity index (χ0) is 24.8. The maximum absolute atomic E-state index is 12.9. The Morgan fingerprint density at radius 1 is 0.971 bits per heavy atom. The third kappa shape index (κ3) is 4.98. The summed E-state index contributed by atoms with van der Waals surface area (Å²) in [6, 6.07) is 11.4. The van der Waals surface area contributed by atoms with Gasteiger partial charge in [-0.2, -0.15) is 13.2 Å². The van der Waals surface area contributed by atoms with Crippen LogP contribution >= 0.6 is 22.9 Å². The molecule has 1 heterocycles. The van der Waals surface area contributed by atoms with Crippen molar-refractivity contribution in [1.82, 2.24) is 4.98 Å². The molecule has 0 amide bonds. The number of sulfonamides is 1. The van der Waals surface area contributed by atoms with Gasteiger partial charge in [0, 0.05) is 11.4 Å². The highest BCUT2D eigenvalue weighted by Gasteiger charge is 2.32. The molecule has 34 heavy (non-hydrogen) atoms. The zero-order valence-electron chi connectivity index (χ0n) is 18.2. The van der Waals surface area contributed by atoms with Crippen molar-refractivity contribution in [3.63, 3.8) is 0 Å². The van der Waals surface area contributed by atoms with E-state index in [-0.39, 0.29) is 5.69 Å². The summed E-state index contributed by atoms with van der Waals surface area (Å²) in [6.07, 6.45) is -4.63. The third-order valence-electron chi connectivity index (χ3n) is 5.11. The van der Waals surface area contributed by atoms with Crippen molar-refractivity contribution < 1.29 is 21.6 Å². The van der Waals surface area contributed by atoms with Crippen molar-refractivity contribution in [2.24, 2.45) is 0 Å². The van der Waals surface area contributed by atoms with Gasteiger partial charge < -0.3 is 5.32 Å². The first kappa shape index (κ1) is 24.3. The topological polar surface area (TPSA) is 71.1 Å². The first-order valence-corrected chi connectivity index (χ1v) is 12.7. The van der Waals surface area contributed by atoms with Gasteiger partial charge >= 0.3 is 6.18 Å². The van der Waals surface area contributed by atoms with Crippen molar-refractivity contribution >= 4 is 59.7 Å². The molecular formula is C23H19ClF3N3O2S2. The van der Waals surface area contributed by atoms with Crippen LogP contribution in [-0.2, 0) is 16.2 Å². The molecule has 0 aliphatic rings. The Hall–Kier alpha value is -2.82. The summed E-state index contributed by atoms with van der Waals surface area (Å²) in [7, 11) is -4.21. The number of halogens is 4. The third-order valence-corrected chi connectivity index (χ3v) is 7.91. The quantitative estimate of drug-likeness (QED) is 0.284. The lowest BCUT2D eigenvalue weighted by Crippen LogP contribution is -2.15. The number of alkyl halides is 3. The smallest absolute Gasteiger partial charge is 0.331 e. The van der Waals surface area contributed by atoms with Crippen molar-refractivity contribution in [3.8, 4) is 0 Å². The second-order valence-electron chi connectivity index (χ2n) is 7.85. The second-order valence-corrected chi connectivity index (χ2v) is 10.9. The molecule has 3 aromatic carbocycles. The van der Waals surface area contributed by atoms with Crippen molar-refractivity contribution in [3.05, 3.63) is 75.8 Å². The molecule has 4 aromatic rings. The van der Waals surface area contributed by atoms with Crippen LogP contribution in [0.4, 0.5) is 29.7 Å². The Balaban J connectivity index is 1.60. The number of aromatic nitrogens is 1. The molecule has 0 bridgehead atoms. The number of aryl methyl sites for hydroxylation is 3. The molecule has 0 atom stereocenters. The normalized spacial score (nSPS) is 12.2. The maximum atomic E-state index is 12.9. The van der Waals surface area contributed by atoms with Gasteiger partial charge in [0.2, 0.25) is 0 Å². The Morgan fingerprint density at radius 2 is 1.65 bits per heavy atom. The van der Waals surface area contributed by atoms with Crippen LogP contribution < -0.4 is 10.0 Å². The lowest BCUT2D eigenvalue weighted by atomic mass is 10.1. The minimum atomic E-state index is -4.63. The van der Waals surface area contributed by atoms with E-state index in [0.29, 0.717) is 17.3 Å². The lowest BCUT2D eigenvalue weighted by molar-refractivity contribution is -0.137. The number of hydrogen-bond acceptors (Lipinski definition) is 5. The van der Waals surface area contributed by atoms with E-state index < -0.39 is 31.7 Å². The van der Waals surface area contributed by atoms with Gasteiger partial charge in [0.05, 0.1) is 20.8 Å². The van der Waals surface area contributed by atoms with E-state index in [1.165, 1.54) is 11.3 Å². The van der Waals surface area contributed by atoms with E-state index in [9.17, 15) is 21.6 Å². The Bertz CT molecular complexity index is 1490. The van der Waals surface area contributed by atoms with Gasteiger partial charge in [-0.15, -0.1) is 0 Å². The molecule has 0 fully saturated rings. The molecule has 178 valence electrons. The second kappa shape index (κ2) is 8.75. The highest BCUT2D eigenvalue weighted by atomic mass is 35.5. The van der Waals surface area contributed by atoms with Crippen LogP contribution in [0.1, 0.15) is 22.3 Å². The van der Waals surface area contributed by atoms with Crippen LogP contribution in [0.3, 0.4) is 0 Å². The van der Waals surface area contributed by atoms with E-state index in [4.69, 9.17) is 11.6 Å². The lowest BCUT2D eigenvalue weighted by Gasteiger charge is -2.15. The van der Waals surface area contributed by atoms with E-state index >= 15 is 0 Å². The fourth-order valence-corrected chi connectivity index (χ4v) is 6.07. The Kier molecular flexibility index (Phi) is 6.26. The highest BCUT2D eigenvalue weighted by Crippen LogP contribution is 2.35. The van der Waals surface area contributed by atoms with Gasteiger partial charge in [-0.3, -0.25) is 4.72 Å². The molecular weight excluding hydrogens is 507 g/mol. The van der Waals surface area contributed by atoms with Gasteiger partial charge in [0.25, 0.3) is 10.0 Å². The molecule has 4 rings (SSSR count). The molecule has 11 heteroatoms. The van der Waals surface area contributed by atoms with Crippen LogP contribution in [0.2, 0.25) is 5.02 Å². The van der Waals surface area contributed by atoms with Crippen molar-refractivity contribution in [1.29, 1.82) is 0 Å². The monoisotopic (exact) mass is 525 g/mol. The standard InChI is InChI=1S/C23H19ClF3N3O2S2/c1-12-4-6-18-19(8-12)33-22(28-18)29-21-13(2)9-16(10-14(21)3)30-34(31,32)20-7-5-15(11-17(20)24)23(25,26)27/h4-11,30H,1-3H3,(H,28,29). The number of thiazole rings is 1. The summed E-state index contributed by atoms with van der Waals surface area (Å²) in [5.41, 5.74) is 3.55. The van der Waals surface area contributed by atoms with Gasteiger partial charge in [0.15, 0.2) is 5.13 Å². The van der Waals surface area contributed by atoms with Gasteiger partial charge in [-0.1, -0.05) is 29.0 Å². The fraction of sp³-hybridized carbons (Fsp3) is 0.174. The van der Waals surface area contributed by atoms with E-state index in [0.717, 1.165) is 38.7 Å². The number of benzene rings is 3. The summed E-state index contributed by atoms with van der Waals surface area (Å²) in [6.45, 7) is 5.64. The van der Waals surface area contributed by atoms with Crippen LogP contribution in [0, 0.1) is 20.8 Å². The largest absolute Gasteiger partial charge is 0.416 e. The molecule has 0 spiro atoms. The maximum Gasteiger partial charge on any atom is 0.416 e. The average molecular weight is 526 g/mol. The predicted molar refractivity (Wildman–Crippen MR) is 131 cm³/mol. The molecule has 1 aromatic heterocycles. The minimum absolute atomic E-state index is 0.261. The minimum Gasteiger partial charge on any atom is -0.331 e.